The SMILES string of the molecule is CCC(CO)[C@@H](O)CNc1nc(NCC2CC2)nc(C)c1-c1nc2c(OCC3CC3)nccc2s1. The first-order chi connectivity index (χ1) is 17.1. The third-order valence-electron chi connectivity index (χ3n) is 6.76. The number of thiazole rings is 1. The minimum absolute atomic E-state index is 0.0578. The second kappa shape index (κ2) is 10.6. The van der Waals surface area contributed by atoms with Gasteiger partial charge in [-0.1, -0.05) is 6.92 Å². The molecule has 2 saturated carbocycles. The van der Waals surface area contributed by atoms with E-state index in [1.54, 1.807) is 17.5 Å². The van der Waals surface area contributed by atoms with Gasteiger partial charge in [0.05, 0.1) is 28.7 Å². The Labute approximate surface area is 209 Å². The van der Waals surface area contributed by atoms with Crippen molar-refractivity contribution in [3.8, 4) is 16.5 Å². The van der Waals surface area contributed by atoms with Crippen LogP contribution in [0.5, 0.6) is 5.88 Å². The predicted molar refractivity (Wildman–Crippen MR) is 138 cm³/mol. The van der Waals surface area contributed by atoms with Gasteiger partial charge in [0.25, 0.3) is 0 Å². The lowest BCUT2D eigenvalue weighted by atomic mass is 10.0. The van der Waals surface area contributed by atoms with Crippen molar-refractivity contribution in [1.29, 1.82) is 0 Å². The Morgan fingerprint density at radius 1 is 1.14 bits per heavy atom. The quantitative estimate of drug-likeness (QED) is 0.278. The van der Waals surface area contributed by atoms with E-state index in [1.165, 1.54) is 25.7 Å². The normalized spacial score (nSPS) is 17.4. The molecule has 0 bridgehead atoms. The summed E-state index contributed by atoms with van der Waals surface area (Å²) >= 11 is 1.55. The van der Waals surface area contributed by atoms with Crippen molar-refractivity contribution in [3.05, 3.63) is 18.0 Å². The first kappa shape index (κ1) is 24.1. The monoisotopic (exact) mass is 498 g/mol. The molecule has 5 rings (SSSR count). The van der Waals surface area contributed by atoms with Crippen molar-refractivity contribution < 1.29 is 14.9 Å². The predicted octanol–water partition coefficient (Wildman–Crippen LogP) is 3.86. The smallest absolute Gasteiger partial charge is 0.241 e. The van der Waals surface area contributed by atoms with Gasteiger partial charge in [-0.25, -0.2) is 15.0 Å². The van der Waals surface area contributed by atoms with Crippen molar-refractivity contribution in [3.63, 3.8) is 0 Å². The number of aliphatic hydroxyl groups is 2. The van der Waals surface area contributed by atoms with Gasteiger partial charge < -0.3 is 25.6 Å². The Morgan fingerprint density at radius 3 is 2.66 bits per heavy atom. The molecule has 3 aromatic heterocycles. The molecule has 9 nitrogen and oxygen atoms in total. The van der Waals surface area contributed by atoms with E-state index >= 15 is 0 Å². The van der Waals surface area contributed by atoms with Gasteiger partial charge in [-0.15, -0.1) is 11.3 Å². The van der Waals surface area contributed by atoms with E-state index in [0.29, 0.717) is 42.5 Å². The highest BCUT2D eigenvalue weighted by Crippen LogP contribution is 2.39. The number of hydrogen-bond donors (Lipinski definition) is 4. The summed E-state index contributed by atoms with van der Waals surface area (Å²) in [5.41, 5.74) is 2.36. The lowest BCUT2D eigenvalue weighted by Gasteiger charge is -2.21. The van der Waals surface area contributed by atoms with Gasteiger partial charge in [0.1, 0.15) is 16.3 Å². The average Bonchev–Trinajstić information content (AvgIpc) is 3.78. The van der Waals surface area contributed by atoms with Gasteiger partial charge in [0, 0.05) is 31.8 Å². The molecule has 0 spiro atoms. The molecule has 188 valence electrons. The number of rotatable bonds is 13. The molecule has 10 heteroatoms. The molecule has 35 heavy (non-hydrogen) atoms. The molecule has 0 amide bonds. The van der Waals surface area contributed by atoms with E-state index in [-0.39, 0.29) is 19.1 Å². The van der Waals surface area contributed by atoms with Crippen LogP contribution < -0.4 is 15.4 Å². The third-order valence-corrected chi connectivity index (χ3v) is 7.80. The highest BCUT2D eigenvalue weighted by Gasteiger charge is 2.25. The molecular formula is C25H34N6O3S. The minimum Gasteiger partial charge on any atom is -0.476 e. The fraction of sp³-hybridized carbons (Fsp3) is 0.600. The van der Waals surface area contributed by atoms with Gasteiger partial charge in [-0.2, -0.15) is 4.98 Å². The van der Waals surface area contributed by atoms with Crippen LogP contribution in [0.1, 0.15) is 44.7 Å². The molecule has 2 aliphatic rings. The van der Waals surface area contributed by atoms with Crippen LogP contribution in [0.3, 0.4) is 0 Å². The van der Waals surface area contributed by atoms with Crippen LogP contribution in [0.2, 0.25) is 0 Å². The molecule has 0 aromatic carbocycles. The van der Waals surface area contributed by atoms with Crippen molar-refractivity contribution in [1.82, 2.24) is 19.9 Å². The van der Waals surface area contributed by atoms with E-state index in [4.69, 9.17) is 19.7 Å². The maximum absolute atomic E-state index is 10.6. The maximum Gasteiger partial charge on any atom is 0.241 e. The van der Waals surface area contributed by atoms with Gasteiger partial charge >= 0.3 is 0 Å². The number of aromatic nitrogens is 4. The first-order valence-corrected chi connectivity index (χ1v) is 13.4. The molecule has 0 saturated heterocycles. The number of hydrogen-bond acceptors (Lipinski definition) is 10. The Morgan fingerprint density at radius 2 is 1.94 bits per heavy atom. The number of ether oxygens (including phenoxy) is 1. The summed E-state index contributed by atoms with van der Waals surface area (Å²) in [5.74, 6) is 2.88. The number of aliphatic hydroxyl groups excluding tert-OH is 2. The Bertz CT molecular complexity index is 1160. The van der Waals surface area contributed by atoms with E-state index in [9.17, 15) is 10.2 Å². The average molecular weight is 499 g/mol. The zero-order valence-corrected chi connectivity index (χ0v) is 21.1. The molecule has 2 fully saturated rings. The van der Waals surface area contributed by atoms with Gasteiger partial charge in [0.15, 0.2) is 0 Å². The number of fused-ring (bicyclic) bond motifs is 1. The molecule has 3 aromatic rings. The number of aryl methyl sites for hydroxylation is 1. The van der Waals surface area contributed by atoms with E-state index in [1.807, 2.05) is 19.9 Å². The number of nitrogens with one attached hydrogen (secondary N) is 2. The summed E-state index contributed by atoms with van der Waals surface area (Å²) in [6.07, 6.45) is 6.67. The summed E-state index contributed by atoms with van der Waals surface area (Å²) in [4.78, 5) is 18.8. The zero-order valence-electron chi connectivity index (χ0n) is 20.3. The van der Waals surface area contributed by atoms with Crippen LogP contribution in [0.15, 0.2) is 12.3 Å². The Balaban J connectivity index is 1.46. The summed E-state index contributed by atoms with van der Waals surface area (Å²) < 4.78 is 6.98. The summed E-state index contributed by atoms with van der Waals surface area (Å²) in [7, 11) is 0. The summed E-state index contributed by atoms with van der Waals surface area (Å²) in [6, 6.07) is 1.95. The highest BCUT2D eigenvalue weighted by molar-refractivity contribution is 7.21. The highest BCUT2D eigenvalue weighted by atomic mass is 32.1. The fourth-order valence-corrected chi connectivity index (χ4v) is 5.06. The second-order valence-electron chi connectivity index (χ2n) is 9.72. The maximum atomic E-state index is 10.6. The number of nitrogens with zero attached hydrogens (tertiary/aromatic N) is 4. The lowest BCUT2D eigenvalue weighted by molar-refractivity contribution is 0.0742. The van der Waals surface area contributed by atoms with Crippen LogP contribution in [-0.4, -0.2) is 62.6 Å². The van der Waals surface area contributed by atoms with Crippen LogP contribution in [-0.2, 0) is 0 Å². The largest absolute Gasteiger partial charge is 0.476 e. The van der Waals surface area contributed by atoms with Crippen molar-refractivity contribution >= 4 is 33.3 Å². The van der Waals surface area contributed by atoms with E-state index in [0.717, 1.165) is 33.0 Å². The minimum atomic E-state index is -0.696. The molecule has 2 aliphatic carbocycles. The van der Waals surface area contributed by atoms with Gasteiger partial charge in [0.2, 0.25) is 11.8 Å². The molecular weight excluding hydrogens is 464 g/mol. The standard InChI is InChI=1S/C25H34N6O3S/c1-3-17(12-32)18(33)11-27-22-20(14(2)29-25(31-22)28-10-15-4-5-15)24-30-21-19(35-24)8-9-26-23(21)34-13-16-6-7-16/h8-9,15-18,32-33H,3-7,10-13H2,1-2H3,(H2,27,28,29,31)/t17?,18-/m0/s1. The summed E-state index contributed by atoms with van der Waals surface area (Å²) in [6.45, 7) is 5.67. The van der Waals surface area contributed by atoms with E-state index < -0.39 is 6.10 Å². The van der Waals surface area contributed by atoms with Crippen molar-refractivity contribution in [2.75, 3.05) is 36.9 Å². The Hall–Kier alpha value is -2.56. The number of anilines is 2. The molecule has 2 atom stereocenters. The third kappa shape index (κ3) is 5.82. The van der Waals surface area contributed by atoms with Crippen LogP contribution in [0.25, 0.3) is 20.8 Å². The summed E-state index contributed by atoms with van der Waals surface area (Å²) in [5, 5.41) is 27.6. The fourth-order valence-electron chi connectivity index (χ4n) is 4.01. The van der Waals surface area contributed by atoms with Crippen LogP contribution in [0, 0.1) is 24.7 Å². The first-order valence-electron chi connectivity index (χ1n) is 12.6. The molecule has 0 radical (unpaired) electrons. The molecule has 4 N–H and O–H groups in total. The lowest BCUT2D eigenvalue weighted by Crippen LogP contribution is -2.30. The Kier molecular flexibility index (Phi) is 7.31. The number of pyridine rings is 1. The zero-order chi connectivity index (χ0) is 24.4. The van der Waals surface area contributed by atoms with Crippen LogP contribution >= 0.6 is 11.3 Å². The van der Waals surface area contributed by atoms with Gasteiger partial charge in [-0.05, 0) is 56.9 Å². The van der Waals surface area contributed by atoms with E-state index in [2.05, 4.69) is 15.6 Å². The van der Waals surface area contributed by atoms with Gasteiger partial charge in [-0.3, -0.25) is 0 Å². The second-order valence-corrected chi connectivity index (χ2v) is 10.7. The van der Waals surface area contributed by atoms with Crippen molar-refractivity contribution in [2.24, 2.45) is 17.8 Å². The molecule has 1 unspecified atom stereocenters. The topological polar surface area (TPSA) is 125 Å². The molecule has 3 heterocycles. The molecule has 0 aliphatic heterocycles. The van der Waals surface area contributed by atoms with Crippen molar-refractivity contribution in [2.45, 2.75) is 52.1 Å². The van der Waals surface area contributed by atoms with Crippen LogP contribution in [0.4, 0.5) is 11.8 Å².